The minimum atomic E-state index is -0.0852. The molecule has 188 valence electrons. The summed E-state index contributed by atoms with van der Waals surface area (Å²) in [5.74, 6) is 0.966. The topological polar surface area (TPSA) is 32.8 Å². The second kappa shape index (κ2) is 11.0. The number of nitrogens with zero attached hydrogens (tertiary/aromatic N) is 2. The molecule has 5 rings (SSSR count). The van der Waals surface area contributed by atoms with E-state index in [1.807, 2.05) is 0 Å². The maximum absolute atomic E-state index is 12.1. The van der Waals surface area contributed by atoms with E-state index in [1.165, 1.54) is 102 Å². The zero-order valence-electron chi connectivity index (χ0n) is 21.6. The van der Waals surface area contributed by atoms with E-state index in [2.05, 4.69) is 41.0 Å². The number of carbonyl (C=O) groups is 1. The predicted octanol–water partition coefficient (Wildman–Crippen LogP) is 6.68. The number of para-hydroxylation sites is 1. The number of fused-ring (bicyclic) bond motifs is 3. The summed E-state index contributed by atoms with van der Waals surface area (Å²) in [7, 11) is 1.51. The SMILES string of the molecule is COC(=O)CC1CN([C@@H]2C[C@@H]3CC[C@@H](C)[C@H](C2)N3C2CCCCCCCCC2)c2ccccc21. The van der Waals surface area contributed by atoms with E-state index < -0.39 is 0 Å². The lowest BCUT2D eigenvalue weighted by Crippen LogP contribution is -2.62. The molecule has 5 atom stereocenters. The molecule has 4 nitrogen and oxygen atoms in total. The van der Waals surface area contributed by atoms with Crippen LogP contribution in [0.3, 0.4) is 0 Å². The van der Waals surface area contributed by atoms with Crippen molar-refractivity contribution in [3.63, 3.8) is 0 Å². The van der Waals surface area contributed by atoms with Gasteiger partial charge in [0.05, 0.1) is 13.5 Å². The summed E-state index contributed by atoms with van der Waals surface area (Å²) in [6, 6.07) is 11.7. The van der Waals surface area contributed by atoms with Gasteiger partial charge in [-0.2, -0.15) is 0 Å². The second-order valence-electron chi connectivity index (χ2n) is 11.7. The summed E-state index contributed by atoms with van der Waals surface area (Å²) < 4.78 is 5.04. The van der Waals surface area contributed by atoms with Crippen LogP contribution in [0.4, 0.5) is 5.69 Å². The first-order valence-electron chi connectivity index (χ1n) is 14.4. The normalized spacial score (nSPS) is 33.4. The van der Waals surface area contributed by atoms with Crippen LogP contribution in [0, 0.1) is 5.92 Å². The molecular weight excluding hydrogens is 420 g/mol. The first kappa shape index (κ1) is 24.2. The van der Waals surface area contributed by atoms with E-state index in [0.29, 0.717) is 12.5 Å². The smallest absolute Gasteiger partial charge is 0.306 e. The van der Waals surface area contributed by atoms with Gasteiger partial charge < -0.3 is 9.64 Å². The summed E-state index contributed by atoms with van der Waals surface area (Å²) >= 11 is 0. The molecule has 0 N–H and O–H groups in total. The van der Waals surface area contributed by atoms with Gasteiger partial charge in [-0.05, 0) is 56.1 Å². The Hall–Kier alpha value is -1.55. The van der Waals surface area contributed by atoms with Crippen molar-refractivity contribution < 1.29 is 9.53 Å². The molecule has 2 saturated heterocycles. The second-order valence-corrected chi connectivity index (χ2v) is 11.7. The van der Waals surface area contributed by atoms with Gasteiger partial charge in [-0.1, -0.05) is 70.1 Å². The number of methoxy groups -OCH3 is 1. The van der Waals surface area contributed by atoms with Crippen LogP contribution in [0.25, 0.3) is 0 Å². The zero-order valence-corrected chi connectivity index (χ0v) is 21.6. The fourth-order valence-corrected chi connectivity index (χ4v) is 7.89. The van der Waals surface area contributed by atoms with Gasteiger partial charge in [0.25, 0.3) is 0 Å². The van der Waals surface area contributed by atoms with Crippen LogP contribution in [0.5, 0.6) is 0 Å². The van der Waals surface area contributed by atoms with Crippen molar-refractivity contribution in [2.75, 3.05) is 18.6 Å². The van der Waals surface area contributed by atoms with Crippen LogP contribution in [-0.2, 0) is 9.53 Å². The standard InChI is InChI=1S/C30H46N2O2/c1-22-16-17-25-19-26(20-29(22)32(25)24-12-8-6-4-3-5-7-9-13-24)31-21-23(18-30(33)34-2)27-14-10-11-15-28(27)31/h10-11,14-15,22-26,29H,3-9,12-13,16-21H2,1-2H3/t22-,23?,25+,26-,29+/m1/s1. The Kier molecular flexibility index (Phi) is 7.83. The van der Waals surface area contributed by atoms with E-state index in [9.17, 15) is 4.79 Å². The Bertz CT molecular complexity index is 816. The van der Waals surface area contributed by atoms with Crippen molar-refractivity contribution in [3.8, 4) is 0 Å². The highest BCUT2D eigenvalue weighted by molar-refractivity contribution is 5.73. The minimum Gasteiger partial charge on any atom is -0.469 e. The van der Waals surface area contributed by atoms with Gasteiger partial charge in [-0.25, -0.2) is 0 Å². The number of esters is 1. The van der Waals surface area contributed by atoms with E-state index in [0.717, 1.165) is 30.6 Å². The quantitative estimate of drug-likeness (QED) is 0.464. The van der Waals surface area contributed by atoms with Crippen LogP contribution < -0.4 is 4.90 Å². The molecule has 0 spiro atoms. The van der Waals surface area contributed by atoms with Gasteiger partial charge in [0.15, 0.2) is 0 Å². The number of hydrogen-bond donors (Lipinski definition) is 0. The van der Waals surface area contributed by atoms with Gasteiger partial charge in [-0.15, -0.1) is 0 Å². The highest BCUT2D eigenvalue weighted by Crippen LogP contribution is 2.46. The Labute approximate surface area is 207 Å². The lowest BCUT2D eigenvalue weighted by Gasteiger charge is -2.56. The van der Waals surface area contributed by atoms with Crippen LogP contribution in [-0.4, -0.2) is 48.7 Å². The van der Waals surface area contributed by atoms with E-state index >= 15 is 0 Å². The fourth-order valence-electron chi connectivity index (χ4n) is 7.89. The van der Waals surface area contributed by atoms with Gasteiger partial charge in [-0.3, -0.25) is 9.69 Å². The Morgan fingerprint density at radius 2 is 1.59 bits per heavy atom. The molecule has 1 aromatic rings. The summed E-state index contributed by atoms with van der Waals surface area (Å²) in [5, 5.41) is 0. The molecule has 1 unspecified atom stereocenters. The first-order valence-corrected chi connectivity index (χ1v) is 14.4. The maximum atomic E-state index is 12.1. The van der Waals surface area contributed by atoms with E-state index in [4.69, 9.17) is 4.74 Å². The minimum absolute atomic E-state index is 0.0852. The molecule has 0 amide bonds. The third-order valence-corrected chi connectivity index (χ3v) is 9.66. The van der Waals surface area contributed by atoms with Crippen molar-refractivity contribution in [1.82, 2.24) is 4.90 Å². The zero-order chi connectivity index (χ0) is 23.5. The molecule has 4 heteroatoms. The molecule has 3 fully saturated rings. The van der Waals surface area contributed by atoms with Crippen molar-refractivity contribution in [3.05, 3.63) is 29.8 Å². The number of hydrogen-bond acceptors (Lipinski definition) is 4. The Balaban J connectivity index is 1.34. The van der Waals surface area contributed by atoms with Gasteiger partial charge in [0, 0.05) is 42.3 Å². The Morgan fingerprint density at radius 3 is 2.32 bits per heavy atom. The fraction of sp³-hybridized carbons (Fsp3) is 0.767. The molecule has 4 aliphatic rings. The van der Waals surface area contributed by atoms with E-state index in [-0.39, 0.29) is 11.9 Å². The molecule has 0 radical (unpaired) electrons. The lowest BCUT2D eigenvalue weighted by atomic mass is 9.74. The molecule has 0 aromatic heterocycles. The number of piperidine rings is 2. The lowest BCUT2D eigenvalue weighted by molar-refractivity contribution is -0.141. The number of anilines is 1. The number of carbonyl (C=O) groups excluding carboxylic acids is 1. The largest absolute Gasteiger partial charge is 0.469 e. The van der Waals surface area contributed by atoms with Crippen molar-refractivity contribution >= 4 is 11.7 Å². The Morgan fingerprint density at radius 1 is 0.882 bits per heavy atom. The van der Waals surface area contributed by atoms with Crippen LogP contribution in [0.15, 0.2) is 24.3 Å². The monoisotopic (exact) mass is 466 g/mol. The summed E-state index contributed by atoms with van der Waals surface area (Å²) in [5.41, 5.74) is 2.72. The average Bonchev–Trinajstić information content (AvgIpc) is 3.22. The van der Waals surface area contributed by atoms with Crippen LogP contribution >= 0.6 is 0 Å². The summed E-state index contributed by atoms with van der Waals surface area (Å²) in [6.45, 7) is 3.49. The molecule has 3 aliphatic heterocycles. The first-order chi connectivity index (χ1) is 16.7. The molecule has 1 aromatic carbocycles. The van der Waals surface area contributed by atoms with Gasteiger partial charge in [0.2, 0.25) is 0 Å². The number of ether oxygens (including phenoxy) is 1. The van der Waals surface area contributed by atoms with Crippen LogP contribution in [0.1, 0.15) is 108 Å². The number of benzene rings is 1. The van der Waals surface area contributed by atoms with Crippen molar-refractivity contribution in [2.24, 2.45) is 5.92 Å². The van der Waals surface area contributed by atoms with E-state index in [1.54, 1.807) is 0 Å². The van der Waals surface area contributed by atoms with Gasteiger partial charge in [0.1, 0.15) is 0 Å². The molecule has 1 aliphatic carbocycles. The van der Waals surface area contributed by atoms with Crippen molar-refractivity contribution in [1.29, 1.82) is 0 Å². The summed E-state index contributed by atoms with van der Waals surface area (Å²) in [4.78, 5) is 17.9. The third kappa shape index (κ3) is 5.03. The molecule has 2 bridgehead atoms. The third-order valence-electron chi connectivity index (χ3n) is 9.66. The van der Waals surface area contributed by atoms with Crippen LogP contribution in [0.2, 0.25) is 0 Å². The maximum Gasteiger partial charge on any atom is 0.306 e. The highest BCUT2D eigenvalue weighted by atomic mass is 16.5. The highest BCUT2D eigenvalue weighted by Gasteiger charge is 2.47. The number of rotatable bonds is 4. The predicted molar refractivity (Wildman–Crippen MR) is 139 cm³/mol. The molecule has 34 heavy (non-hydrogen) atoms. The van der Waals surface area contributed by atoms with Gasteiger partial charge >= 0.3 is 5.97 Å². The summed E-state index contributed by atoms with van der Waals surface area (Å²) in [6.07, 6.45) is 18.7. The molecular formula is C30H46N2O2. The molecule has 3 heterocycles. The average molecular weight is 467 g/mol. The van der Waals surface area contributed by atoms with Crippen molar-refractivity contribution in [2.45, 2.75) is 127 Å². The molecule has 1 saturated carbocycles.